The average Bonchev–Trinajstić information content (AvgIpc) is 3.03. The molecule has 0 spiro atoms. The first-order valence-electron chi connectivity index (χ1n) is 8.33. The Labute approximate surface area is 154 Å². The number of aromatic nitrogens is 1. The van der Waals surface area contributed by atoms with Crippen LogP contribution in [0.15, 0.2) is 34.9 Å². The molecule has 0 unspecified atom stereocenters. The molecule has 0 radical (unpaired) electrons. The average molecular weight is 370 g/mol. The van der Waals surface area contributed by atoms with Gasteiger partial charge < -0.3 is 9.84 Å². The van der Waals surface area contributed by atoms with Crippen molar-refractivity contribution in [3.8, 4) is 11.3 Å². The summed E-state index contributed by atoms with van der Waals surface area (Å²) < 4.78 is 5.51. The van der Waals surface area contributed by atoms with Gasteiger partial charge in [-0.3, -0.25) is 4.90 Å². The Balaban J connectivity index is 0.00000208. The van der Waals surface area contributed by atoms with E-state index in [1.54, 1.807) is 0 Å². The third kappa shape index (κ3) is 5.21. The molecule has 2 heterocycles. The Morgan fingerprint density at radius 3 is 2.62 bits per heavy atom. The summed E-state index contributed by atoms with van der Waals surface area (Å²) in [5.74, 6) is 1.79. The number of nitrogens with one attached hydrogen (secondary N) is 1. The van der Waals surface area contributed by atoms with E-state index in [0.29, 0.717) is 0 Å². The number of nitrogens with zero attached hydrogens (tertiary/aromatic N) is 2. The van der Waals surface area contributed by atoms with Gasteiger partial charge in [-0.05, 0) is 64.0 Å². The number of hydrogen-bond acceptors (Lipinski definition) is 4. The van der Waals surface area contributed by atoms with Crippen LogP contribution in [0.25, 0.3) is 11.3 Å². The molecule has 3 rings (SSSR count). The van der Waals surface area contributed by atoms with Crippen molar-refractivity contribution >= 4 is 24.0 Å². The van der Waals surface area contributed by atoms with Gasteiger partial charge in [0.25, 0.3) is 0 Å². The molecule has 1 fully saturated rings. The SMILES string of the molecule is CNCCC1CCN(Cc2cc(-c3ccc(Cl)cc3)no2)CC1.Cl. The highest BCUT2D eigenvalue weighted by atomic mass is 35.5. The number of likely N-dealkylation sites (tertiary alicyclic amines) is 1. The van der Waals surface area contributed by atoms with Crippen LogP contribution >= 0.6 is 24.0 Å². The fraction of sp³-hybridized carbons (Fsp3) is 0.500. The highest BCUT2D eigenvalue weighted by molar-refractivity contribution is 6.30. The summed E-state index contributed by atoms with van der Waals surface area (Å²) >= 11 is 5.92. The summed E-state index contributed by atoms with van der Waals surface area (Å²) in [6, 6.07) is 9.73. The Morgan fingerprint density at radius 2 is 1.96 bits per heavy atom. The molecule has 1 aromatic heterocycles. The molecule has 1 aliphatic rings. The summed E-state index contributed by atoms with van der Waals surface area (Å²) in [6.07, 6.45) is 3.84. The molecule has 1 aromatic carbocycles. The van der Waals surface area contributed by atoms with E-state index >= 15 is 0 Å². The first-order valence-corrected chi connectivity index (χ1v) is 8.71. The van der Waals surface area contributed by atoms with Crippen molar-refractivity contribution in [1.82, 2.24) is 15.4 Å². The third-order valence-electron chi connectivity index (χ3n) is 4.59. The van der Waals surface area contributed by atoms with E-state index in [9.17, 15) is 0 Å². The standard InChI is InChI=1S/C18H24ClN3O.ClH/c1-20-9-6-14-7-10-22(11-8-14)13-17-12-18(21-23-17)15-2-4-16(19)5-3-15;/h2-5,12,14,20H,6-11,13H2,1H3;1H. The van der Waals surface area contributed by atoms with Crippen molar-refractivity contribution in [3.63, 3.8) is 0 Å². The molecule has 0 amide bonds. The van der Waals surface area contributed by atoms with E-state index < -0.39 is 0 Å². The lowest BCUT2D eigenvalue weighted by Gasteiger charge is -2.31. The largest absolute Gasteiger partial charge is 0.359 e. The second kappa shape index (κ2) is 9.42. The van der Waals surface area contributed by atoms with E-state index in [1.807, 2.05) is 37.4 Å². The zero-order valence-corrected chi connectivity index (χ0v) is 15.6. The van der Waals surface area contributed by atoms with Gasteiger partial charge in [-0.15, -0.1) is 12.4 Å². The van der Waals surface area contributed by atoms with Crippen molar-refractivity contribution < 1.29 is 4.52 Å². The van der Waals surface area contributed by atoms with Crippen LogP contribution in [0.2, 0.25) is 5.02 Å². The van der Waals surface area contributed by atoms with Crippen molar-refractivity contribution in [1.29, 1.82) is 0 Å². The molecule has 1 aliphatic heterocycles. The number of piperidine rings is 1. The fourth-order valence-electron chi connectivity index (χ4n) is 3.15. The smallest absolute Gasteiger partial charge is 0.151 e. The van der Waals surface area contributed by atoms with Crippen LogP contribution in [0.1, 0.15) is 25.0 Å². The third-order valence-corrected chi connectivity index (χ3v) is 4.84. The molecule has 4 nitrogen and oxygen atoms in total. The highest BCUT2D eigenvalue weighted by Gasteiger charge is 2.20. The van der Waals surface area contributed by atoms with E-state index in [0.717, 1.165) is 54.1 Å². The monoisotopic (exact) mass is 369 g/mol. The molecule has 1 N–H and O–H groups in total. The topological polar surface area (TPSA) is 41.3 Å². The molecular weight excluding hydrogens is 345 g/mol. The van der Waals surface area contributed by atoms with Gasteiger partial charge in [-0.25, -0.2) is 0 Å². The maximum absolute atomic E-state index is 5.92. The maximum Gasteiger partial charge on any atom is 0.151 e. The van der Waals surface area contributed by atoms with Gasteiger partial charge in [0.05, 0.1) is 6.54 Å². The maximum atomic E-state index is 5.92. The lowest BCUT2D eigenvalue weighted by atomic mass is 9.93. The molecule has 6 heteroatoms. The van der Waals surface area contributed by atoms with Gasteiger partial charge in [0.2, 0.25) is 0 Å². The van der Waals surface area contributed by atoms with Crippen LogP contribution in [-0.2, 0) is 6.54 Å². The lowest BCUT2D eigenvalue weighted by Crippen LogP contribution is -2.33. The van der Waals surface area contributed by atoms with E-state index in [1.165, 1.54) is 19.3 Å². The van der Waals surface area contributed by atoms with Crippen molar-refractivity contribution in [2.45, 2.75) is 25.8 Å². The number of benzene rings is 1. The Morgan fingerprint density at radius 1 is 1.25 bits per heavy atom. The zero-order valence-electron chi connectivity index (χ0n) is 14.0. The molecular formula is C18H25Cl2N3O. The minimum Gasteiger partial charge on any atom is -0.359 e. The van der Waals surface area contributed by atoms with Crippen LogP contribution in [-0.4, -0.2) is 36.7 Å². The van der Waals surface area contributed by atoms with Gasteiger partial charge in [0.1, 0.15) is 5.69 Å². The van der Waals surface area contributed by atoms with E-state index in [2.05, 4.69) is 15.4 Å². The van der Waals surface area contributed by atoms with Crippen LogP contribution in [0, 0.1) is 5.92 Å². The molecule has 0 bridgehead atoms. The first kappa shape index (κ1) is 19.3. The Kier molecular flexibility index (Phi) is 7.56. The second-order valence-corrected chi connectivity index (χ2v) is 6.73. The predicted octanol–water partition coefficient (Wildman–Crippen LogP) is 4.24. The van der Waals surface area contributed by atoms with Crippen LogP contribution in [0.3, 0.4) is 0 Å². The number of halogens is 2. The van der Waals surface area contributed by atoms with Crippen molar-refractivity contribution in [3.05, 3.63) is 41.1 Å². The minimum absolute atomic E-state index is 0. The summed E-state index contributed by atoms with van der Waals surface area (Å²) in [5, 5.41) is 8.16. The normalized spacial score (nSPS) is 16.1. The fourth-order valence-corrected chi connectivity index (χ4v) is 3.27. The summed E-state index contributed by atoms with van der Waals surface area (Å²) in [6.45, 7) is 4.26. The summed E-state index contributed by atoms with van der Waals surface area (Å²) in [5.41, 5.74) is 1.91. The van der Waals surface area contributed by atoms with Crippen molar-refractivity contribution in [2.24, 2.45) is 5.92 Å². The molecule has 0 saturated carbocycles. The van der Waals surface area contributed by atoms with Gasteiger partial charge in [0.15, 0.2) is 5.76 Å². The van der Waals surface area contributed by atoms with Gasteiger partial charge >= 0.3 is 0 Å². The van der Waals surface area contributed by atoms with Crippen LogP contribution in [0.4, 0.5) is 0 Å². The minimum atomic E-state index is 0. The summed E-state index contributed by atoms with van der Waals surface area (Å²) in [4.78, 5) is 2.46. The molecule has 132 valence electrons. The highest BCUT2D eigenvalue weighted by Crippen LogP contribution is 2.24. The van der Waals surface area contributed by atoms with E-state index in [-0.39, 0.29) is 12.4 Å². The molecule has 24 heavy (non-hydrogen) atoms. The quantitative estimate of drug-likeness (QED) is 0.826. The first-order chi connectivity index (χ1) is 11.2. The van der Waals surface area contributed by atoms with Crippen LogP contribution in [0.5, 0.6) is 0 Å². The van der Waals surface area contributed by atoms with E-state index in [4.69, 9.17) is 16.1 Å². The Hall–Kier alpha value is -1.07. The van der Waals surface area contributed by atoms with Gasteiger partial charge in [-0.1, -0.05) is 28.9 Å². The van der Waals surface area contributed by atoms with Gasteiger partial charge in [-0.2, -0.15) is 0 Å². The summed E-state index contributed by atoms with van der Waals surface area (Å²) in [7, 11) is 2.03. The molecule has 0 aliphatic carbocycles. The van der Waals surface area contributed by atoms with Crippen molar-refractivity contribution in [2.75, 3.05) is 26.7 Å². The number of hydrogen-bond donors (Lipinski definition) is 1. The Bertz CT molecular complexity index is 607. The predicted molar refractivity (Wildman–Crippen MR) is 101 cm³/mol. The van der Waals surface area contributed by atoms with Crippen LogP contribution < -0.4 is 5.32 Å². The molecule has 1 saturated heterocycles. The lowest BCUT2D eigenvalue weighted by molar-refractivity contribution is 0.158. The number of rotatable bonds is 6. The zero-order chi connectivity index (χ0) is 16.1. The second-order valence-electron chi connectivity index (χ2n) is 6.30. The molecule has 2 aromatic rings. The molecule has 0 atom stereocenters. The van der Waals surface area contributed by atoms with Gasteiger partial charge in [0, 0.05) is 16.7 Å².